The zero-order valence-corrected chi connectivity index (χ0v) is 35.7. The number of H-pyrrole nitrogens is 2. The van der Waals surface area contributed by atoms with Gasteiger partial charge in [-0.3, -0.25) is 29.0 Å². The van der Waals surface area contributed by atoms with Gasteiger partial charge in [0.15, 0.2) is 0 Å². The molecule has 0 saturated carbocycles. The van der Waals surface area contributed by atoms with Gasteiger partial charge in [0, 0.05) is 82.8 Å². The fraction of sp³-hybridized carbons (Fsp3) is 0.304. The van der Waals surface area contributed by atoms with Gasteiger partial charge in [0.1, 0.15) is 29.9 Å². The first-order valence-electron chi connectivity index (χ1n) is 20.2. The van der Waals surface area contributed by atoms with Crippen molar-refractivity contribution in [1.82, 2.24) is 36.2 Å². The lowest BCUT2D eigenvalue weighted by Gasteiger charge is -2.38. The molecule has 0 aliphatic rings. The summed E-state index contributed by atoms with van der Waals surface area (Å²) in [5.74, 6) is -3.39. The Labute approximate surface area is 363 Å². The van der Waals surface area contributed by atoms with Crippen molar-refractivity contribution in [2.24, 2.45) is 16.9 Å². The Kier molecular flexibility index (Phi) is 13.7. The fourth-order valence-electron chi connectivity index (χ4n) is 6.99. The minimum atomic E-state index is -1.29. The highest BCUT2D eigenvalue weighted by atomic mass is 35.5. The number of phenols is 1. The first-order chi connectivity index (χ1) is 29.4. The van der Waals surface area contributed by atoms with Gasteiger partial charge in [-0.2, -0.15) is 0 Å². The summed E-state index contributed by atoms with van der Waals surface area (Å²) in [7, 11) is 0. The van der Waals surface area contributed by atoms with E-state index in [1.165, 1.54) is 6.07 Å². The quantitative estimate of drug-likeness (QED) is 0.0613. The Morgan fingerprint density at radius 1 is 0.677 bits per heavy atom. The molecule has 0 fully saturated rings. The van der Waals surface area contributed by atoms with E-state index in [-0.39, 0.29) is 31.4 Å². The molecule has 0 aliphatic carbocycles. The molecule has 4 unspecified atom stereocenters. The standard InChI is InChI=1S/C46H52ClN9O6/c1-45(2,46(3,4)49)44(62)56-39(21-29-25-52-35-16-15-31(57)22-33(29)35)43(61)54-37(18-26-11-13-30(47)14-12-26)42(60)55-38(19-27-8-7-17-50-23-27)41(59)53-36(40(48)58)20-28-24-51-34-10-6-5-9-32(28)34/h5-17,22-25,36-39,51-52,57H,18-21,49H2,1-4H3,(H2,48,58)(H,53,59)(H,54,61)(H,55,60)(H,56,62). The maximum Gasteiger partial charge on any atom is 0.243 e. The molecule has 4 atom stereocenters. The van der Waals surface area contributed by atoms with Gasteiger partial charge in [-0.1, -0.05) is 48.0 Å². The Morgan fingerprint density at radius 3 is 1.82 bits per heavy atom. The zero-order chi connectivity index (χ0) is 44.8. The molecule has 15 nitrogen and oxygen atoms in total. The Bertz CT molecular complexity index is 2560. The lowest BCUT2D eigenvalue weighted by Crippen LogP contribution is -2.61. The molecule has 3 aromatic heterocycles. The third kappa shape index (κ3) is 10.8. The van der Waals surface area contributed by atoms with Crippen LogP contribution in [0.15, 0.2) is 104 Å². The molecular weight excluding hydrogens is 810 g/mol. The number of hydrogen-bond donors (Lipinski definition) is 9. The SMILES string of the molecule is CC(C)(N)C(C)(C)C(=O)NC(Cc1c[nH]c2ccc(O)cc12)C(=O)NC(Cc1ccc(Cl)cc1)C(=O)NC(Cc1cccnc1)C(=O)NC(Cc1c[nH]c2ccccc12)C(N)=O. The van der Waals surface area contributed by atoms with Crippen molar-refractivity contribution < 1.29 is 29.1 Å². The Hall–Kier alpha value is -6.71. The van der Waals surface area contributed by atoms with Crippen LogP contribution < -0.4 is 32.7 Å². The number of halogens is 1. The number of fused-ring (bicyclic) bond motifs is 2. The highest BCUT2D eigenvalue weighted by Crippen LogP contribution is 2.29. The summed E-state index contributed by atoms with van der Waals surface area (Å²) in [5, 5.41) is 23.5. The number of nitrogens with two attached hydrogens (primary N) is 2. The van der Waals surface area contributed by atoms with Gasteiger partial charge in [-0.15, -0.1) is 0 Å². The number of amides is 5. The smallest absolute Gasteiger partial charge is 0.243 e. The molecule has 6 rings (SSSR count). The number of para-hydroxylation sites is 1. The average molecular weight is 862 g/mol. The second kappa shape index (κ2) is 18.9. The summed E-state index contributed by atoms with van der Waals surface area (Å²) in [4.78, 5) is 80.5. The third-order valence-corrected chi connectivity index (χ3v) is 11.8. The number of carbonyl (C=O) groups is 5. The number of rotatable bonds is 18. The van der Waals surface area contributed by atoms with Crippen molar-refractivity contribution in [1.29, 1.82) is 0 Å². The average Bonchev–Trinajstić information content (AvgIpc) is 3.83. The van der Waals surface area contributed by atoms with E-state index in [2.05, 4.69) is 36.2 Å². The summed E-state index contributed by atoms with van der Waals surface area (Å²) in [6.45, 7) is 6.77. The maximum absolute atomic E-state index is 14.6. The van der Waals surface area contributed by atoms with Crippen LogP contribution in [0.1, 0.15) is 49.9 Å². The van der Waals surface area contributed by atoms with Crippen molar-refractivity contribution in [3.63, 3.8) is 0 Å². The van der Waals surface area contributed by atoms with Crippen LogP contribution in [0.3, 0.4) is 0 Å². The van der Waals surface area contributed by atoms with E-state index in [1.807, 2.05) is 24.3 Å². The number of benzene rings is 3. The topological polar surface area (TPSA) is 250 Å². The largest absolute Gasteiger partial charge is 0.508 e. The van der Waals surface area contributed by atoms with Crippen molar-refractivity contribution >= 4 is 62.9 Å². The van der Waals surface area contributed by atoms with E-state index in [9.17, 15) is 29.1 Å². The number of pyridine rings is 1. The van der Waals surface area contributed by atoms with Crippen molar-refractivity contribution in [3.05, 3.63) is 131 Å². The number of aromatic amines is 2. The number of hydrogen-bond acceptors (Lipinski definition) is 8. The highest BCUT2D eigenvalue weighted by molar-refractivity contribution is 6.30. The number of nitrogens with one attached hydrogen (secondary N) is 6. The van der Waals surface area contributed by atoms with Gasteiger partial charge < -0.3 is 47.8 Å². The van der Waals surface area contributed by atoms with Crippen LogP contribution >= 0.6 is 11.6 Å². The minimum absolute atomic E-state index is 0.0130. The van der Waals surface area contributed by atoms with Crippen LogP contribution in [0.4, 0.5) is 0 Å². The van der Waals surface area contributed by atoms with E-state index < -0.39 is 64.7 Å². The van der Waals surface area contributed by atoms with E-state index in [4.69, 9.17) is 23.1 Å². The molecule has 324 valence electrons. The van der Waals surface area contributed by atoms with Crippen LogP contribution in [0.5, 0.6) is 5.75 Å². The summed E-state index contributed by atoms with van der Waals surface area (Å²) in [6, 6.07) is 17.5. The molecule has 3 heterocycles. The first-order valence-corrected chi connectivity index (χ1v) is 20.5. The number of aromatic nitrogens is 3. The predicted octanol–water partition coefficient (Wildman–Crippen LogP) is 3.86. The van der Waals surface area contributed by atoms with Gasteiger partial charge in [0.05, 0.1) is 5.41 Å². The molecule has 11 N–H and O–H groups in total. The lowest BCUT2D eigenvalue weighted by atomic mass is 9.74. The van der Waals surface area contributed by atoms with E-state index in [1.54, 1.807) is 101 Å². The summed E-state index contributed by atoms with van der Waals surface area (Å²) >= 11 is 6.19. The van der Waals surface area contributed by atoms with Crippen LogP contribution in [0.25, 0.3) is 21.8 Å². The zero-order valence-electron chi connectivity index (χ0n) is 34.9. The Morgan fingerprint density at radius 2 is 1.23 bits per heavy atom. The van der Waals surface area contributed by atoms with E-state index in [0.29, 0.717) is 32.6 Å². The molecule has 5 amide bonds. The van der Waals surface area contributed by atoms with Crippen molar-refractivity contribution in [2.75, 3.05) is 0 Å². The summed E-state index contributed by atoms with van der Waals surface area (Å²) in [5.41, 5.74) is 14.3. The molecule has 62 heavy (non-hydrogen) atoms. The molecule has 16 heteroatoms. The van der Waals surface area contributed by atoms with E-state index in [0.717, 1.165) is 16.5 Å². The predicted molar refractivity (Wildman–Crippen MR) is 238 cm³/mol. The maximum atomic E-state index is 14.6. The van der Waals surface area contributed by atoms with Gasteiger partial charge in [0.25, 0.3) is 0 Å². The Balaban J connectivity index is 1.30. The molecule has 0 spiro atoms. The van der Waals surface area contributed by atoms with Crippen LogP contribution in [-0.4, -0.2) is 79.3 Å². The molecule has 3 aromatic carbocycles. The van der Waals surface area contributed by atoms with Gasteiger partial charge in [-0.05, 0) is 92.4 Å². The summed E-state index contributed by atoms with van der Waals surface area (Å²) < 4.78 is 0. The fourth-order valence-corrected chi connectivity index (χ4v) is 7.11. The van der Waals surface area contributed by atoms with Crippen LogP contribution in [0.2, 0.25) is 5.02 Å². The number of primary amides is 1. The van der Waals surface area contributed by atoms with Gasteiger partial charge >= 0.3 is 0 Å². The second-order valence-corrected chi connectivity index (χ2v) is 17.1. The first kappa shape index (κ1) is 44.8. The lowest BCUT2D eigenvalue weighted by molar-refractivity contribution is -0.137. The van der Waals surface area contributed by atoms with Crippen molar-refractivity contribution in [2.45, 2.75) is 83.1 Å². The third-order valence-electron chi connectivity index (χ3n) is 11.5. The molecule has 6 aromatic rings. The van der Waals surface area contributed by atoms with Gasteiger partial charge in [-0.25, -0.2) is 0 Å². The monoisotopic (exact) mass is 861 g/mol. The molecule has 0 radical (unpaired) electrons. The normalized spacial score (nSPS) is 13.8. The number of carbonyl (C=O) groups excluding carboxylic acids is 5. The molecule has 0 aliphatic heterocycles. The number of phenolic OH excluding ortho intramolecular Hbond substituents is 1. The number of nitrogens with zero attached hydrogens (tertiary/aromatic N) is 1. The molecule has 0 bridgehead atoms. The summed E-state index contributed by atoms with van der Waals surface area (Å²) in [6.07, 6.45) is 6.55. The molecule has 0 saturated heterocycles. The highest BCUT2D eigenvalue weighted by Gasteiger charge is 2.42. The number of aromatic hydroxyl groups is 1. The minimum Gasteiger partial charge on any atom is -0.508 e. The van der Waals surface area contributed by atoms with Crippen molar-refractivity contribution in [3.8, 4) is 5.75 Å². The van der Waals surface area contributed by atoms with Gasteiger partial charge in [0.2, 0.25) is 29.5 Å². The second-order valence-electron chi connectivity index (χ2n) is 16.7. The van der Waals surface area contributed by atoms with Crippen LogP contribution in [-0.2, 0) is 49.7 Å². The van der Waals surface area contributed by atoms with E-state index >= 15 is 0 Å². The van der Waals surface area contributed by atoms with Crippen LogP contribution in [0, 0.1) is 5.41 Å². The molecular formula is C46H52ClN9O6.